The largest absolute Gasteiger partial charge is 0.393 e. The van der Waals surface area contributed by atoms with Crippen molar-refractivity contribution in [1.82, 2.24) is 4.90 Å². The predicted molar refractivity (Wildman–Crippen MR) is 105 cm³/mol. The maximum Gasteiger partial charge on any atom is 0.253 e. The first-order chi connectivity index (χ1) is 13.4. The summed E-state index contributed by atoms with van der Waals surface area (Å²) in [6, 6.07) is 14.4. The van der Waals surface area contributed by atoms with Crippen LogP contribution in [0.3, 0.4) is 0 Å². The van der Waals surface area contributed by atoms with Crippen LogP contribution in [0.1, 0.15) is 53.3 Å². The number of rotatable bonds is 2. The van der Waals surface area contributed by atoms with E-state index in [2.05, 4.69) is 0 Å². The first-order valence-corrected chi connectivity index (χ1v) is 9.91. The molecule has 4 rings (SSSR count). The number of likely N-dealkylation sites (tertiary alicyclic amines) is 1. The van der Waals surface area contributed by atoms with Crippen molar-refractivity contribution in [1.29, 1.82) is 0 Å². The van der Waals surface area contributed by atoms with Gasteiger partial charge < -0.3 is 14.7 Å². The van der Waals surface area contributed by atoms with E-state index >= 15 is 0 Å². The van der Waals surface area contributed by atoms with Gasteiger partial charge in [-0.25, -0.2) is 4.39 Å². The number of benzene rings is 2. The van der Waals surface area contributed by atoms with Gasteiger partial charge in [0.15, 0.2) is 0 Å². The van der Waals surface area contributed by atoms with Crippen LogP contribution in [0.4, 0.5) is 4.39 Å². The molecular formula is C23H26FNO3. The third-order valence-electron chi connectivity index (χ3n) is 5.91. The number of halogens is 1. The first-order valence-electron chi connectivity index (χ1n) is 9.91. The standard InChI is InChI=1S/C23H26FNO3/c1-16-11-18(13-19(24)12-16)22(27)25-9-7-23(8-10-25)15-20(26)14-21(28-23)17-5-3-2-4-6-17/h2-6,11-13,20-21,26H,7-10,14-15H2,1H3/t20-,21-/m1/s1. The van der Waals surface area contributed by atoms with Gasteiger partial charge >= 0.3 is 0 Å². The second-order valence-electron chi connectivity index (χ2n) is 8.10. The number of piperidine rings is 1. The SMILES string of the molecule is Cc1cc(F)cc(C(=O)N2CCC3(CC2)C[C@H](O)C[C@H](c2ccccc2)O3)c1. The van der Waals surface area contributed by atoms with Gasteiger partial charge in [0, 0.05) is 31.5 Å². The lowest BCUT2D eigenvalue weighted by Gasteiger charge is -2.48. The van der Waals surface area contributed by atoms with E-state index in [0.717, 1.165) is 11.1 Å². The number of aryl methyl sites for hydroxylation is 1. The van der Waals surface area contributed by atoms with Crippen molar-refractivity contribution in [2.45, 2.75) is 50.4 Å². The zero-order valence-corrected chi connectivity index (χ0v) is 16.1. The molecule has 28 heavy (non-hydrogen) atoms. The molecule has 148 valence electrons. The summed E-state index contributed by atoms with van der Waals surface area (Å²) in [5.74, 6) is -0.533. The Morgan fingerprint density at radius 3 is 2.57 bits per heavy atom. The molecule has 0 aromatic heterocycles. The molecule has 2 aromatic carbocycles. The summed E-state index contributed by atoms with van der Waals surface area (Å²) in [6.07, 6.45) is 2.00. The van der Waals surface area contributed by atoms with Gasteiger partial charge in [-0.15, -0.1) is 0 Å². The summed E-state index contributed by atoms with van der Waals surface area (Å²) in [6.45, 7) is 2.87. The zero-order chi connectivity index (χ0) is 19.7. The average Bonchev–Trinajstić information content (AvgIpc) is 2.67. The third-order valence-corrected chi connectivity index (χ3v) is 5.91. The number of amides is 1. The van der Waals surface area contributed by atoms with Gasteiger partial charge in [0.25, 0.3) is 5.91 Å². The highest BCUT2D eigenvalue weighted by Gasteiger charge is 2.44. The average molecular weight is 383 g/mol. The van der Waals surface area contributed by atoms with Gasteiger partial charge in [-0.05, 0) is 49.1 Å². The first kappa shape index (κ1) is 19.1. The van der Waals surface area contributed by atoms with Gasteiger partial charge in [0.05, 0.1) is 17.8 Å². The Morgan fingerprint density at radius 2 is 1.89 bits per heavy atom. The van der Waals surface area contributed by atoms with E-state index < -0.39 is 11.7 Å². The second-order valence-corrected chi connectivity index (χ2v) is 8.10. The normalized spacial score (nSPS) is 24.3. The molecule has 0 bridgehead atoms. The van der Waals surface area contributed by atoms with Crippen LogP contribution in [-0.2, 0) is 4.74 Å². The van der Waals surface area contributed by atoms with Crippen molar-refractivity contribution < 1.29 is 19.0 Å². The molecule has 2 fully saturated rings. The summed E-state index contributed by atoms with van der Waals surface area (Å²) < 4.78 is 20.2. The van der Waals surface area contributed by atoms with E-state index in [9.17, 15) is 14.3 Å². The minimum atomic E-state index is -0.410. The molecule has 1 spiro atoms. The number of aliphatic hydroxyl groups is 1. The second kappa shape index (κ2) is 7.64. The fourth-order valence-corrected chi connectivity index (χ4v) is 4.51. The lowest BCUT2D eigenvalue weighted by molar-refractivity contribution is -0.181. The van der Waals surface area contributed by atoms with Crippen LogP contribution in [0.15, 0.2) is 48.5 Å². The van der Waals surface area contributed by atoms with Crippen molar-refractivity contribution in [3.63, 3.8) is 0 Å². The Morgan fingerprint density at radius 1 is 1.18 bits per heavy atom. The molecule has 2 aromatic rings. The van der Waals surface area contributed by atoms with Crippen molar-refractivity contribution in [3.8, 4) is 0 Å². The lowest BCUT2D eigenvalue weighted by Crippen LogP contribution is -2.52. The molecule has 2 heterocycles. The monoisotopic (exact) mass is 383 g/mol. The van der Waals surface area contributed by atoms with Crippen LogP contribution in [0, 0.1) is 12.7 Å². The van der Waals surface area contributed by atoms with E-state index in [1.165, 1.54) is 12.1 Å². The Hall–Kier alpha value is -2.24. The molecule has 0 unspecified atom stereocenters. The Kier molecular flexibility index (Phi) is 5.21. The molecule has 0 aliphatic carbocycles. The molecular weight excluding hydrogens is 357 g/mol. The minimum Gasteiger partial charge on any atom is -0.393 e. The molecule has 4 nitrogen and oxygen atoms in total. The number of hydrogen-bond acceptors (Lipinski definition) is 3. The topological polar surface area (TPSA) is 49.8 Å². The van der Waals surface area contributed by atoms with Crippen LogP contribution >= 0.6 is 0 Å². The summed E-state index contributed by atoms with van der Waals surface area (Å²) >= 11 is 0. The minimum absolute atomic E-state index is 0.127. The number of nitrogens with zero attached hydrogens (tertiary/aromatic N) is 1. The number of aliphatic hydroxyl groups excluding tert-OH is 1. The molecule has 0 saturated carbocycles. The van der Waals surface area contributed by atoms with Gasteiger partial charge in [0.1, 0.15) is 5.82 Å². The van der Waals surface area contributed by atoms with E-state index in [-0.39, 0.29) is 17.8 Å². The molecule has 2 aliphatic rings. The highest BCUT2D eigenvalue weighted by atomic mass is 19.1. The van der Waals surface area contributed by atoms with Gasteiger partial charge in [-0.2, -0.15) is 0 Å². The van der Waals surface area contributed by atoms with Crippen LogP contribution < -0.4 is 0 Å². The van der Waals surface area contributed by atoms with Crippen molar-refractivity contribution in [2.24, 2.45) is 0 Å². The smallest absolute Gasteiger partial charge is 0.253 e. The summed E-state index contributed by atoms with van der Waals surface area (Å²) in [5, 5.41) is 10.5. The van der Waals surface area contributed by atoms with Gasteiger partial charge in [-0.1, -0.05) is 30.3 Å². The van der Waals surface area contributed by atoms with E-state index in [1.54, 1.807) is 17.9 Å². The Bertz CT molecular complexity index is 826. The van der Waals surface area contributed by atoms with Crippen LogP contribution in [0.2, 0.25) is 0 Å². The quantitative estimate of drug-likeness (QED) is 0.852. The predicted octanol–water partition coefficient (Wildman–Crippen LogP) is 4.02. The lowest BCUT2D eigenvalue weighted by atomic mass is 9.80. The number of hydrogen-bond donors (Lipinski definition) is 1. The number of ether oxygens (including phenoxy) is 1. The van der Waals surface area contributed by atoms with E-state index in [0.29, 0.717) is 44.3 Å². The van der Waals surface area contributed by atoms with Crippen LogP contribution in [0.25, 0.3) is 0 Å². The summed E-state index contributed by atoms with van der Waals surface area (Å²) in [5.41, 5.74) is 1.79. The third kappa shape index (κ3) is 3.96. The number of carbonyl (C=O) groups excluding carboxylic acids is 1. The molecule has 0 radical (unpaired) electrons. The van der Waals surface area contributed by atoms with E-state index in [1.807, 2.05) is 30.3 Å². The Balaban J connectivity index is 1.45. The molecule has 2 aliphatic heterocycles. The summed E-state index contributed by atoms with van der Waals surface area (Å²) in [4.78, 5) is 14.6. The van der Waals surface area contributed by atoms with Crippen molar-refractivity contribution in [3.05, 3.63) is 71.0 Å². The molecule has 1 N–H and O–H groups in total. The summed E-state index contributed by atoms with van der Waals surface area (Å²) in [7, 11) is 0. The van der Waals surface area contributed by atoms with Crippen LogP contribution in [0.5, 0.6) is 0 Å². The highest BCUT2D eigenvalue weighted by molar-refractivity contribution is 5.94. The van der Waals surface area contributed by atoms with Gasteiger partial charge in [0.2, 0.25) is 0 Å². The maximum absolute atomic E-state index is 13.7. The molecule has 1 amide bonds. The fraction of sp³-hybridized carbons (Fsp3) is 0.435. The maximum atomic E-state index is 13.7. The zero-order valence-electron chi connectivity index (χ0n) is 16.1. The van der Waals surface area contributed by atoms with Crippen molar-refractivity contribution >= 4 is 5.91 Å². The van der Waals surface area contributed by atoms with Crippen molar-refractivity contribution in [2.75, 3.05) is 13.1 Å². The molecule has 5 heteroatoms. The van der Waals surface area contributed by atoms with Crippen LogP contribution in [-0.4, -0.2) is 40.7 Å². The number of carbonyl (C=O) groups is 1. The molecule has 2 atom stereocenters. The van der Waals surface area contributed by atoms with Gasteiger partial charge in [-0.3, -0.25) is 4.79 Å². The molecule has 2 saturated heterocycles. The van der Waals surface area contributed by atoms with E-state index in [4.69, 9.17) is 4.74 Å². The fourth-order valence-electron chi connectivity index (χ4n) is 4.51. The Labute approximate surface area is 164 Å². The highest BCUT2D eigenvalue weighted by Crippen LogP contribution is 2.43.